The molecule has 0 radical (unpaired) electrons. The van der Waals surface area contributed by atoms with Crippen molar-refractivity contribution in [2.24, 2.45) is 5.41 Å². The maximum absolute atomic E-state index is 12.5. The lowest BCUT2D eigenvalue weighted by Crippen LogP contribution is -2.40. The van der Waals surface area contributed by atoms with Crippen molar-refractivity contribution in [3.63, 3.8) is 0 Å². The van der Waals surface area contributed by atoms with E-state index in [0.717, 1.165) is 52.0 Å². The number of amides is 1. The van der Waals surface area contributed by atoms with Gasteiger partial charge in [-0.05, 0) is 43.9 Å². The molecular formula is C19H29N3O2. The van der Waals surface area contributed by atoms with Crippen LogP contribution in [0, 0.1) is 5.41 Å². The smallest absolute Gasteiger partial charge is 0.227 e. The van der Waals surface area contributed by atoms with Gasteiger partial charge >= 0.3 is 0 Å². The van der Waals surface area contributed by atoms with Crippen molar-refractivity contribution in [2.45, 2.75) is 45.4 Å². The van der Waals surface area contributed by atoms with Gasteiger partial charge in [-0.15, -0.1) is 0 Å². The Kier molecular flexibility index (Phi) is 5.54. The molecule has 0 aromatic heterocycles. The zero-order chi connectivity index (χ0) is 17.0. The number of carbonyl (C=O) groups is 1. The van der Waals surface area contributed by atoms with Crippen molar-refractivity contribution in [1.29, 1.82) is 0 Å². The van der Waals surface area contributed by atoms with E-state index in [2.05, 4.69) is 33.7 Å². The standard InChI is InChI=1S/C19H29N3O2/c1-19(8-9-20-14-19)18(24)21-12-15-4-2-3-5-16(15)13-22-10-6-17(23)7-11-22/h2-5,17,20,23H,6-14H2,1H3,(H,21,24). The lowest BCUT2D eigenvalue weighted by Gasteiger charge is -2.30. The zero-order valence-electron chi connectivity index (χ0n) is 14.6. The van der Waals surface area contributed by atoms with Gasteiger partial charge in [0.2, 0.25) is 5.91 Å². The molecule has 1 atom stereocenters. The Morgan fingerprint density at radius 1 is 1.33 bits per heavy atom. The number of piperidine rings is 1. The molecule has 0 bridgehead atoms. The van der Waals surface area contributed by atoms with Crippen molar-refractivity contribution < 1.29 is 9.90 Å². The third kappa shape index (κ3) is 4.15. The predicted molar refractivity (Wildman–Crippen MR) is 94.4 cm³/mol. The Labute approximate surface area is 144 Å². The Balaban J connectivity index is 1.58. The second-order valence-corrected chi connectivity index (χ2v) is 7.45. The van der Waals surface area contributed by atoms with Crippen LogP contribution in [-0.2, 0) is 17.9 Å². The first kappa shape index (κ1) is 17.4. The van der Waals surface area contributed by atoms with Crippen LogP contribution < -0.4 is 10.6 Å². The van der Waals surface area contributed by atoms with E-state index in [1.54, 1.807) is 0 Å². The first-order valence-electron chi connectivity index (χ1n) is 9.03. The zero-order valence-corrected chi connectivity index (χ0v) is 14.6. The molecule has 1 unspecified atom stereocenters. The molecule has 1 aromatic carbocycles. The molecule has 132 valence electrons. The first-order chi connectivity index (χ1) is 11.6. The maximum atomic E-state index is 12.5. The summed E-state index contributed by atoms with van der Waals surface area (Å²) in [4.78, 5) is 14.9. The number of aliphatic hydroxyl groups excluding tert-OH is 1. The second-order valence-electron chi connectivity index (χ2n) is 7.45. The molecule has 24 heavy (non-hydrogen) atoms. The number of aliphatic hydroxyl groups is 1. The van der Waals surface area contributed by atoms with Gasteiger partial charge in [0, 0.05) is 32.7 Å². The van der Waals surface area contributed by atoms with Gasteiger partial charge in [0.1, 0.15) is 0 Å². The van der Waals surface area contributed by atoms with E-state index < -0.39 is 0 Å². The highest BCUT2D eigenvalue weighted by Crippen LogP contribution is 2.25. The molecule has 0 saturated carbocycles. The lowest BCUT2D eigenvalue weighted by molar-refractivity contribution is -0.129. The van der Waals surface area contributed by atoms with E-state index in [4.69, 9.17) is 0 Å². The molecule has 2 aliphatic heterocycles. The normalized spacial score (nSPS) is 25.8. The molecule has 0 spiro atoms. The van der Waals surface area contributed by atoms with Gasteiger partial charge in [-0.1, -0.05) is 24.3 Å². The van der Waals surface area contributed by atoms with E-state index in [0.29, 0.717) is 6.54 Å². The van der Waals surface area contributed by atoms with E-state index in [1.165, 1.54) is 11.1 Å². The fraction of sp³-hybridized carbons (Fsp3) is 0.632. The van der Waals surface area contributed by atoms with Crippen molar-refractivity contribution in [3.8, 4) is 0 Å². The Hall–Kier alpha value is -1.43. The van der Waals surface area contributed by atoms with Crippen LogP contribution in [0.3, 0.4) is 0 Å². The van der Waals surface area contributed by atoms with Crippen molar-refractivity contribution >= 4 is 5.91 Å². The quantitative estimate of drug-likeness (QED) is 0.760. The second kappa shape index (κ2) is 7.64. The van der Waals surface area contributed by atoms with Gasteiger partial charge in [0.15, 0.2) is 0 Å². The Bertz CT molecular complexity index is 561. The van der Waals surface area contributed by atoms with E-state index in [1.807, 2.05) is 13.0 Å². The van der Waals surface area contributed by atoms with Crippen LogP contribution >= 0.6 is 0 Å². The third-order valence-electron chi connectivity index (χ3n) is 5.43. The molecule has 5 nitrogen and oxygen atoms in total. The molecule has 2 saturated heterocycles. The van der Waals surface area contributed by atoms with Crippen LogP contribution in [-0.4, -0.2) is 48.2 Å². The summed E-state index contributed by atoms with van der Waals surface area (Å²) in [5.41, 5.74) is 2.17. The van der Waals surface area contributed by atoms with E-state index in [-0.39, 0.29) is 17.4 Å². The number of nitrogens with zero attached hydrogens (tertiary/aromatic N) is 1. The number of benzene rings is 1. The molecular weight excluding hydrogens is 302 g/mol. The Morgan fingerprint density at radius 2 is 2.04 bits per heavy atom. The molecule has 2 heterocycles. The SMILES string of the molecule is CC1(C(=O)NCc2ccccc2CN2CCC(O)CC2)CCNC1. The first-order valence-corrected chi connectivity index (χ1v) is 9.03. The molecule has 3 N–H and O–H groups in total. The predicted octanol–water partition coefficient (Wildman–Crippen LogP) is 1.26. The lowest BCUT2D eigenvalue weighted by atomic mass is 9.88. The summed E-state index contributed by atoms with van der Waals surface area (Å²) in [6.45, 7) is 7.06. The number of nitrogens with one attached hydrogen (secondary N) is 2. The third-order valence-corrected chi connectivity index (χ3v) is 5.43. The Morgan fingerprint density at radius 3 is 2.71 bits per heavy atom. The molecule has 0 aliphatic carbocycles. The molecule has 3 rings (SSSR count). The highest BCUT2D eigenvalue weighted by atomic mass is 16.3. The number of carbonyl (C=O) groups excluding carboxylic acids is 1. The molecule has 2 fully saturated rings. The largest absolute Gasteiger partial charge is 0.393 e. The van der Waals surface area contributed by atoms with E-state index in [9.17, 15) is 9.90 Å². The van der Waals surface area contributed by atoms with Crippen LogP contribution in [0.1, 0.15) is 37.3 Å². The van der Waals surface area contributed by atoms with E-state index >= 15 is 0 Å². The molecule has 1 aromatic rings. The van der Waals surface area contributed by atoms with Crippen LogP contribution in [0.5, 0.6) is 0 Å². The summed E-state index contributed by atoms with van der Waals surface area (Å²) in [5, 5.41) is 16.0. The monoisotopic (exact) mass is 331 g/mol. The summed E-state index contributed by atoms with van der Waals surface area (Å²) in [5.74, 6) is 0.142. The molecule has 5 heteroatoms. The van der Waals surface area contributed by atoms with Crippen LogP contribution in [0.15, 0.2) is 24.3 Å². The van der Waals surface area contributed by atoms with Crippen molar-refractivity contribution in [3.05, 3.63) is 35.4 Å². The number of hydrogen-bond donors (Lipinski definition) is 3. The van der Waals surface area contributed by atoms with Gasteiger partial charge in [-0.3, -0.25) is 9.69 Å². The minimum Gasteiger partial charge on any atom is -0.393 e. The maximum Gasteiger partial charge on any atom is 0.227 e. The highest BCUT2D eigenvalue weighted by Gasteiger charge is 2.36. The van der Waals surface area contributed by atoms with Crippen molar-refractivity contribution in [1.82, 2.24) is 15.5 Å². The molecule has 1 amide bonds. The van der Waals surface area contributed by atoms with Gasteiger partial charge < -0.3 is 15.7 Å². The van der Waals surface area contributed by atoms with Crippen LogP contribution in [0.4, 0.5) is 0 Å². The topological polar surface area (TPSA) is 64.6 Å². The van der Waals surface area contributed by atoms with Crippen molar-refractivity contribution in [2.75, 3.05) is 26.2 Å². The fourth-order valence-electron chi connectivity index (χ4n) is 3.60. The number of rotatable bonds is 5. The van der Waals surface area contributed by atoms with Crippen LogP contribution in [0.25, 0.3) is 0 Å². The average Bonchev–Trinajstić information content (AvgIpc) is 3.04. The van der Waals surface area contributed by atoms with Gasteiger partial charge in [0.05, 0.1) is 11.5 Å². The summed E-state index contributed by atoms with van der Waals surface area (Å²) in [6, 6.07) is 8.33. The minimum atomic E-state index is -0.280. The minimum absolute atomic E-state index is 0.142. The summed E-state index contributed by atoms with van der Waals surface area (Å²) in [7, 11) is 0. The highest BCUT2D eigenvalue weighted by molar-refractivity contribution is 5.82. The summed E-state index contributed by atoms with van der Waals surface area (Å²) < 4.78 is 0. The summed E-state index contributed by atoms with van der Waals surface area (Å²) >= 11 is 0. The fourth-order valence-corrected chi connectivity index (χ4v) is 3.60. The number of likely N-dealkylation sites (tertiary alicyclic amines) is 1. The molecule has 2 aliphatic rings. The van der Waals surface area contributed by atoms with Gasteiger partial charge in [-0.2, -0.15) is 0 Å². The average molecular weight is 331 g/mol. The van der Waals surface area contributed by atoms with Gasteiger partial charge in [-0.25, -0.2) is 0 Å². The number of hydrogen-bond acceptors (Lipinski definition) is 4. The van der Waals surface area contributed by atoms with Gasteiger partial charge in [0.25, 0.3) is 0 Å². The summed E-state index contributed by atoms with van der Waals surface area (Å²) in [6.07, 6.45) is 2.46. The van der Waals surface area contributed by atoms with Crippen LogP contribution in [0.2, 0.25) is 0 Å².